The molecule has 5 heteroatoms. The van der Waals surface area contributed by atoms with E-state index in [4.69, 9.17) is 4.74 Å². The lowest BCUT2D eigenvalue weighted by atomic mass is 9.91. The number of amides is 1. The Morgan fingerprint density at radius 3 is 2.33 bits per heavy atom. The van der Waals surface area contributed by atoms with E-state index >= 15 is 0 Å². The van der Waals surface area contributed by atoms with Gasteiger partial charge in [-0.3, -0.25) is 4.79 Å². The zero-order chi connectivity index (χ0) is 15.8. The van der Waals surface area contributed by atoms with E-state index in [1.54, 1.807) is 24.3 Å². The maximum Gasteiger partial charge on any atom is 0.224 e. The summed E-state index contributed by atoms with van der Waals surface area (Å²) >= 11 is 0. The number of anilines is 1. The minimum absolute atomic E-state index is 0.0479. The Hall–Kier alpha value is -2.04. The van der Waals surface area contributed by atoms with Gasteiger partial charge in [-0.2, -0.15) is 0 Å². The van der Waals surface area contributed by atoms with Gasteiger partial charge in [-0.15, -0.1) is 0 Å². The van der Waals surface area contributed by atoms with E-state index in [2.05, 4.69) is 5.32 Å². The SMILES string of the molecule is CCOc1ccc(NC(=O)CC[C@H](C(=O)[O-])C(C)C)cc1. The highest BCUT2D eigenvalue weighted by atomic mass is 16.5. The number of carbonyl (C=O) groups excluding carboxylic acids is 2. The molecule has 0 aliphatic rings. The van der Waals surface area contributed by atoms with Crippen molar-refractivity contribution in [1.29, 1.82) is 0 Å². The second-order valence-corrected chi connectivity index (χ2v) is 5.21. The summed E-state index contributed by atoms with van der Waals surface area (Å²) in [5.74, 6) is -1.21. The van der Waals surface area contributed by atoms with E-state index in [9.17, 15) is 14.7 Å². The fourth-order valence-electron chi connectivity index (χ4n) is 2.03. The number of benzene rings is 1. The van der Waals surface area contributed by atoms with Crippen molar-refractivity contribution in [2.45, 2.75) is 33.6 Å². The Bertz CT molecular complexity index is 468. The molecular formula is C16H22NO4-. The zero-order valence-electron chi connectivity index (χ0n) is 12.7. The molecule has 0 aliphatic heterocycles. The first-order valence-corrected chi connectivity index (χ1v) is 7.17. The summed E-state index contributed by atoms with van der Waals surface area (Å²) in [7, 11) is 0. The minimum atomic E-state index is -1.10. The van der Waals surface area contributed by atoms with Crippen LogP contribution in [0.2, 0.25) is 0 Å². The molecular weight excluding hydrogens is 270 g/mol. The molecule has 0 spiro atoms. The molecule has 0 saturated carbocycles. The quantitative estimate of drug-likeness (QED) is 0.792. The van der Waals surface area contributed by atoms with Crippen molar-refractivity contribution in [3.8, 4) is 5.75 Å². The van der Waals surface area contributed by atoms with Crippen LogP contribution in [0.25, 0.3) is 0 Å². The Balaban J connectivity index is 2.48. The fraction of sp³-hybridized carbons (Fsp3) is 0.500. The molecule has 0 aromatic heterocycles. The van der Waals surface area contributed by atoms with Crippen LogP contribution in [0, 0.1) is 11.8 Å². The maximum absolute atomic E-state index is 11.8. The van der Waals surface area contributed by atoms with Gasteiger partial charge in [0.2, 0.25) is 5.91 Å². The van der Waals surface area contributed by atoms with Gasteiger partial charge in [-0.05, 0) is 43.5 Å². The average molecular weight is 292 g/mol. The van der Waals surface area contributed by atoms with Gasteiger partial charge in [0.15, 0.2) is 0 Å². The summed E-state index contributed by atoms with van der Waals surface area (Å²) in [6.45, 7) is 6.11. The van der Waals surface area contributed by atoms with Crippen molar-refractivity contribution in [2.24, 2.45) is 11.8 Å². The highest BCUT2D eigenvalue weighted by molar-refractivity contribution is 5.91. The summed E-state index contributed by atoms with van der Waals surface area (Å²) in [5.41, 5.74) is 0.665. The molecule has 0 heterocycles. The molecule has 1 aromatic rings. The summed E-state index contributed by atoms with van der Waals surface area (Å²) < 4.78 is 5.31. The minimum Gasteiger partial charge on any atom is -0.550 e. The number of hydrogen-bond donors (Lipinski definition) is 1. The number of rotatable bonds is 8. The number of nitrogens with one attached hydrogen (secondary N) is 1. The largest absolute Gasteiger partial charge is 0.550 e. The van der Waals surface area contributed by atoms with E-state index in [1.165, 1.54) is 0 Å². The molecule has 0 fully saturated rings. The number of carboxylic acid groups (broad SMARTS) is 1. The lowest BCUT2D eigenvalue weighted by Gasteiger charge is -2.21. The monoisotopic (exact) mass is 292 g/mol. The summed E-state index contributed by atoms with van der Waals surface area (Å²) in [5, 5.41) is 13.7. The Labute approximate surface area is 125 Å². The van der Waals surface area contributed by atoms with Crippen LogP contribution in [0.4, 0.5) is 5.69 Å². The first-order valence-electron chi connectivity index (χ1n) is 7.17. The van der Waals surface area contributed by atoms with Crippen LogP contribution in [-0.4, -0.2) is 18.5 Å². The van der Waals surface area contributed by atoms with E-state index in [0.717, 1.165) is 5.75 Å². The molecule has 0 radical (unpaired) electrons. The third-order valence-electron chi connectivity index (χ3n) is 3.24. The topological polar surface area (TPSA) is 78.5 Å². The highest BCUT2D eigenvalue weighted by Crippen LogP contribution is 2.18. The van der Waals surface area contributed by atoms with Gasteiger partial charge in [0.1, 0.15) is 5.75 Å². The second-order valence-electron chi connectivity index (χ2n) is 5.21. The molecule has 1 amide bonds. The average Bonchev–Trinajstić information content (AvgIpc) is 2.40. The molecule has 0 bridgehead atoms. The van der Waals surface area contributed by atoms with Crippen molar-refractivity contribution in [3.63, 3.8) is 0 Å². The third kappa shape index (κ3) is 5.85. The van der Waals surface area contributed by atoms with Crippen LogP contribution in [0.1, 0.15) is 33.6 Å². The van der Waals surface area contributed by atoms with Gasteiger partial charge in [-0.25, -0.2) is 0 Å². The predicted octanol–water partition coefficient (Wildman–Crippen LogP) is 1.83. The van der Waals surface area contributed by atoms with Gasteiger partial charge in [-0.1, -0.05) is 13.8 Å². The third-order valence-corrected chi connectivity index (χ3v) is 3.24. The zero-order valence-corrected chi connectivity index (χ0v) is 12.7. The molecule has 0 saturated heterocycles. The molecule has 21 heavy (non-hydrogen) atoms. The fourth-order valence-corrected chi connectivity index (χ4v) is 2.03. The van der Waals surface area contributed by atoms with Crippen molar-refractivity contribution in [2.75, 3.05) is 11.9 Å². The lowest BCUT2D eigenvalue weighted by molar-refractivity contribution is -0.313. The molecule has 0 aliphatic carbocycles. The molecule has 1 N–H and O–H groups in total. The van der Waals surface area contributed by atoms with Crippen molar-refractivity contribution in [1.82, 2.24) is 0 Å². The van der Waals surface area contributed by atoms with E-state index in [1.807, 2.05) is 20.8 Å². The van der Waals surface area contributed by atoms with Gasteiger partial charge in [0, 0.05) is 24.0 Å². The molecule has 1 atom stereocenters. The van der Waals surface area contributed by atoms with Crippen LogP contribution in [0.3, 0.4) is 0 Å². The summed E-state index contributed by atoms with van der Waals surface area (Å²) in [4.78, 5) is 22.8. The molecule has 1 aromatic carbocycles. The number of hydrogen-bond acceptors (Lipinski definition) is 4. The van der Waals surface area contributed by atoms with Crippen molar-refractivity contribution < 1.29 is 19.4 Å². The smallest absolute Gasteiger partial charge is 0.224 e. The highest BCUT2D eigenvalue weighted by Gasteiger charge is 2.16. The number of carbonyl (C=O) groups is 2. The number of carboxylic acids is 1. The standard InChI is InChI=1S/C16H23NO4/c1-4-21-13-7-5-12(6-8-13)17-15(18)10-9-14(11(2)3)16(19)20/h5-8,11,14H,4,9-10H2,1-3H3,(H,17,18)(H,19,20)/p-1/t14-/m0/s1. The Kier molecular flexibility index (Phi) is 6.72. The normalized spacial score (nSPS) is 12.0. The predicted molar refractivity (Wildman–Crippen MR) is 78.8 cm³/mol. The first kappa shape index (κ1) is 17.0. The summed E-state index contributed by atoms with van der Waals surface area (Å²) in [6, 6.07) is 7.05. The van der Waals surface area contributed by atoms with Crippen molar-refractivity contribution >= 4 is 17.6 Å². The molecule has 1 rings (SSSR count). The van der Waals surface area contributed by atoms with Crippen LogP contribution in [0.15, 0.2) is 24.3 Å². The van der Waals surface area contributed by atoms with Crippen molar-refractivity contribution in [3.05, 3.63) is 24.3 Å². The van der Waals surface area contributed by atoms with Gasteiger partial charge in [0.05, 0.1) is 6.61 Å². The summed E-state index contributed by atoms with van der Waals surface area (Å²) in [6.07, 6.45) is 0.437. The lowest BCUT2D eigenvalue weighted by Crippen LogP contribution is -2.35. The Morgan fingerprint density at radius 2 is 1.86 bits per heavy atom. The second kappa shape index (κ2) is 8.29. The first-order chi connectivity index (χ1) is 9.93. The molecule has 0 unspecified atom stereocenters. The van der Waals surface area contributed by atoms with Gasteiger partial charge in [0.25, 0.3) is 0 Å². The van der Waals surface area contributed by atoms with Crippen LogP contribution >= 0.6 is 0 Å². The number of aliphatic carboxylic acids is 1. The van der Waals surface area contributed by atoms with E-state index in [0.29, 0.717) is 12.3 Å². The van der Waals surface area contributed by atoms with Crippen LogP contribution in [-0.2, 0) is 9.59 Å². The molecule has 116 valence electrons. The molecule has 5 nitrogen and oxygen atoms in total. The Morgan fingerprint density at radius 1 is 1.24 bits per heavy atom. The van der Waals surface area contributed by atoms with E-state index in [-0.39, 0.29) is 24.7 Å². The van der Waals surface area contributed by atoms with Crippen LogP contribution < -0.4 is 15.2 Å². The van der Waals surface area contributed by atoms with E-state index < -0.39 is 11.9 Å². The number of ether oxygens (including phenoxy) is 1. The van der Waals surface area contributed by atoms with Gasteiger partial charge < -0.3 is 20.0 Å². The van der Waals surface area contributed by atoms with Crippen LogP contribution in [0.5, 0.6) is 5.75 Å². The maximum atomic E-state index is 11.8. The van der Waals surface area contributed by atoms with Gasteiger partial charge >= 0.3 is 0 Å².